The zero-order valence-corrected chi connectivity index (χ0v) is 24.1. The molecule has 35 heavy (non-hydrogen) atoms. The molecule has 0 saturated heterocycles. The predicted molar refractivity (Wildman–Crippen MR) is 142 cm³/mol. The maximum atomic E-state index is 13.4. The molecule has 4 saturated carbocycles. The number of rotatable bonds is 2. The molecule has 4 fully saturated rings. The highest BCUT2D eigenvalue weighted by molar-refractivity contribution is 5.78. The minimum absolute atomic E-state index is 0.0618. The Labute approximate surface area is 215 Å². The molecule has 5 aliphatic carbocycles. The molecule has 0 amide bonds. The van der Waals surface area contributed by atoms with Gasteiger partial charge in [0.15, 0.2) is 0 Å². The average molecular weight is 485 g/mol. The van der Waals surface area contributed by atoms with Crippen LogP contribution < -0.4 is 0 Å². The van der Waals surface area contributed by atoms with Gasteiger partial charge in [-0.2, -0.15) is 0 Å². The van der Waals surface area contributed by atoms with Gasteiger partial charge in [0.25, 0.3) is 0 Å². The van der Waals surface area contributed by atoms with Gasteiger partial charge in [0, 0.05) is 7.11 Å². The summed E-state index contributed by atoms with van der Waals surface area (Å²) in [6.45, 7) is 17.7. The Morgan fingerprint density at radius 1 is 0.886 bits per heavy atom. The van der Waals surface area contributed by atoms with Crippen molar-refractivity contribution < 1.29 is 14.3 Å². The van der Waals surface area contributed by atoms with Gasteiger partial charge in [0.05, 0.1) is 18.6 Å². The molecule has 0 unspecified atom stereocenters. The summed E-state index contributed by atoms with van der Waals surface area (Å²) in [6.07, 6.45) is 13.5. The molecule has 0 heterocycles. The van der Waals surface area contributed by atoms with E-state index in [2.05, 4.69) is 54.5 Å². The monoisotopic (exact) mass is 484 g/mol. The topological polar surface area (TPSA) is 35.5 Å². The lowest BCUT2D eigenvalue weighted by atomic mass is 9.33. The van der Waals surface area contributed by atoms with Crippen molar-refractivity contribution in [2.24, 2.45) is 56.7 Å². The predicted octanol–water partition coefficient (Wildman–Crippen LogP) is 7.83. The van der Waals surface area contributed by atoms with Gasteiger partial charge in [-0.3, -0.25) is 4.79 Å². The molecular formula is C32H52O3. The summed E-state index contributed by atoms with van der Waals surface area (Å²) < 4.78 is 11.6. The van der Waals surface area contributed by atoms with E-state index in [9.17, 15) is 4.79 Å². The Balaban J connectivity index is 1.60. The van der Waals surface area contributed by atoms with Gasteiger partial charge < -0.3 is 9.47 Å². The molecule has 0 aromatic carbocycles. The average Bonchev–Trinajstić information content (AvgIpc) is 2.81. The van der Waals surface area contributed by atoms with Gasteiger partial charge in [0.1, 0.15) is 0 Å². The number of carbonyl (C=O) groups is 1. The van der Waals surface area contributed by atoms with E-state index in [1.54, 1.807) is 12.7 Å². The Kier molecular flexibility index (Phi) is 5.96. The van der Waals surface area contributed by atoms with E-state index in [0.29, 0.717) is 41.1 Å². The first kappa shape index (κ1) is 25.8. The molecule has 5 aliphatic rings. The first-order valence-electron chi connectivity index (χ1n) is 14.7. The maximum absolute atomic E-state index is 13.4. The summed E-state index contributed by atoms with van der Waals surface area (Å²) in [6, 6.07) is 0. The van der Waals surface area contributed by atoms with Crippen molar-refractivity contribution in [1.82, 2.24) is 0 Å². The van der Waals surface area contributed by atoms with Crippen LogP contribution in [-0.4, -0.2) is 26.3 Å². The lowest BCUT2D eigenvalue weighted by molar-refractivity contribution is -0.210. The standard InChI is InChI=1S/C32H52O3/c1-20-12-17-32(27(33)35-9)19-18-30(6)22(26(32)21(20)2)10-11-24-29(5)15-14-25(34-8)28(3,4)23(29)13-16-31(24,30)7/h10,20-21,23-26H,11-19H2,1-9H3/t20-,21+,23+,24-,25+,26+,29+,30-,31-,32+/m1/s1. The normalized spacial score (nSPS) is 52.8. The van der Waals surface area contributed by atoms with Crippen molar-refractivity contribution in [3.8, 4) is 0 Å². The van der Waals surface area contributed by atoms with Crippen LogP contribution in [0.15, 0.2) is 11.6 Å². The fourth-order valence-electron chi connectivity index (χ4n) is 11.4. The Bertz CT molecular complexity index is 904. The van der Waals surface area contributed by atoms with Gasteiger partial charge in [-0.1, -0.05) is 60.1 Å². The number of ether oxygens (including phenoxy) is 2. The zero-order valence-electron chi connectivity index (χ0n) is 24.1. The SMILES string of the molecule is COC(=O)[C@]12CC[C@@H](C)[C@H](C)[C@H]1C1=CC[C@@H]3[C@@]4(C)CC[C@H](OC)C(C)(C)[C@@H]4CC[C@@]3(C)[C@]1(C)CC2. The number of allylic oxidation sites excluding steroid dienone is 2. The number of methoxy groups -OCH3 is 2. The first-order valence-corrected chi connectivity index (χ1v) is 14.7. The van der Waals surface area contributed by atoms with Gasteiger partial charge in [0.2, 0.25) is 0 Å². The maximum Gasteiger partial charge on any atom is 0.312 e. The van der Waals surface area contributed by atoms with E-state index < -0.39 is 0 Å². The summed E-state index contributed by atoms with van der Waals surface area (Å²) in [5.74, 6) is 2.98. The molecule has 10 atom stereocenters. The van der Waals surface area contributed by atoms with Crippen LogP contribution in [0.4, 0.5) is 0 Å². The van der Waals surface area contributed by atoms with E-state index in [0.717, 1.165) is 25.7 Å². The second kappa shape index (κ2) is 8.08. The van der Waals surface area contributed by atoms with Gasteiger partial charge in [-0.25, -0.2) is 0 Å². The molecular weight excluding hydrogens is 432 g/mol. The van der Waals surface area contributed by atoms with E-state index >= 15 is 0 Å². The lowest BCUT2D eigenvalue weighted by Gasteiger charge is -2.71. The molecule has 0 aromatic rings. The van der Waals surface area contributed by atoms with Crippen molar-refractivity contribution in [2.45, 2.75) is 112 Å². The van der Waals surface area contributed by atoms with Gasteiger partial charge in [-0.05, 0) is 109 Å². The highest BCUT2D eigenvalue weighted by Crippen LogP contribution is 2.75. The van der Waals surface area contributed by atoms with Crippen LogP contribution in [0.25, 0.3) is 0 Å². The zero-order chi connectivity index (χ0) is 25.6. The van der Waals surface area contributed by atoms with Crippen molar-refractivity contribution in [3.63, 3.8) is 0 Å². The number of hydrogen-bond acceptors (Lipinski definition) is 3. The highest BCUT2D eigenvalue weighted by Gasteiger charge is 2.69. The third kappa shape index (κ3) is 3.09. The molecule has 0 aromatic heterocycles. The second-order valence-electron chi connectivity index (χ2n) is 14.9. The van der Waals surface area contributed by atoms with Crippen LogP contribution in [0, 0.1) is 56.7 Å². The summed E-state index contributed by atoms with van der Waals surface area (Å²) in [7, 11) is 3.53. The Morgan fingerprint density at radius 3 is 2.26 bits per heavy atom. The Hall–Kier alpha value is -0.830. The summed E-state index contributed by atoms with van der Waals surface area (Å²) >= 11 is 0. The molecule has 0 radical (unpaired) electrons. The van der Waals surface area contributed by atoms with Crippen molar-refractivity contribution in [1.29, 1.82) is 0 Å². The summed E-state index contributed by atoms with van der Waals surface area (Å²) in [5, 5.41) is 0. The number of fused-ring (bicyclic) bond motifs is 7. The smallest absolute Gasteiger partial charge is 0.312 e. The van der Waals surface area contributed by atoms with Crippen LogP contribution >= 0.6 is 0 Å². The van der Waals surface area contributed by atoms with E-state index in [4.69, 9.17) is 9.47 Å². The quantitative estimate of drug-likeness (QED) is 0.296. The van der Waals surface area contributed by atoms with Crippen LogP contribution in [-0.2, 0) is 14.3 Å². The van der Waals surface area contributed by atoms with Crippen molar-refractivity contribution >= 4 is 5.97 Å². The minimum Gasteiger partial charge on any atom is -0.469 e. The summed E-state index contributed by atoms with van der Waals surface area (Å²) in [5.41, 5.74) is 2.33. The molecule has 5 rings (SSSR count). The second-order valence-corrected chi connectivity index (χ2v) is 14.9. The summed E-state index contributed by atoms with van der Waals surface area (Å²) in [4.78, 5) is 13.4. The molecule has 0 aliphatic heterocycles. The van der Waals surface area contributed by atoms with Crippen molar-refractivity contribution in [2.75, 3.05) is 14.2 Å². The fraction of sp³-hybridized carbons (Fsp3) is 0.906. The fourth-order valence-corrected chi connectivity index (χ4v) is 11.4. The van der Waals surface area contributed by atoms with Crippen LogP contribution in [0.2, 0.25) is 0 Å². The van der Waals surface area contributed by atoms with Crippen molar-refractivity contribution in [3.05, 3.63) is 11.6 Å². The molecule has 0 bridgehead atoms. The number of esters is 1. The third-order valence-corrected chi connectivity index (χ3v) is 13.8. The van der Waals surface area contributed by atoms with Gasteiger partial charge in [-0.15, -0.1) is 0 Å². The largest absolute Gasteiger partial charge is 0.469 e. The highest BCUT2D eigenvalue weighted by atomic mass is 16.5. The number of carbonyl (C=O) groups excluding carboxylic acids is 1. The lowest BCUT2D eigenvalue weighted by Crippen LogP contribution is -2.65. The first-order chi connectivity index (χ1) is 16.3. The van der Waals surface area contributed by atoms with E-state index in [1.165, 1.54) is 32.1 Å². The third-order valence-electron chi connectivity index (χ3n) is 13.8. The van der Waals surface area contributed by atoms with E-state index in [-0.39, 0.29) is 27.6 Å². The molecule has 0 N–H and O–H groups in total. The van der Waals surface area contributed by atoms with Gasteiger partial charge >= 0.3 is 5.97 Å². The van der Waals surface area contributed by atoms with Crippen LogP contribution in [0.1, 0.15) is 106 Å². The van der Waals surface area contributed by atoms with Crippen LogP contribution in [0.3, 0.4) is 0 Å². The molecule has 3 nitrogen and oxygen atoms in total. The minimum atomic E-state index is -0.311. The van der Waals surface area contributed by atoms with E-state index in [1.807, 2.05) is 7.11 Å². The number of hydrogen-bond donors (Lipinski definition) is 0. The molecule has 0 spiro atoms. The molecule has 198 valence electrons. The Morgan fingerprint density at radius 2 is 1.60 bits per heavy atom. The molecule has 3 heteroatoms. The van der Waals surface area contributed by atoms with Crippen LogP contribution in [0.5, 0.6) is 0 Å².